The van der Waals surface area contributed by atoms with Crippen molar-refractivity contribution in [3.05, 3.63) is 58.1 Å². The van der Waals surface area contributed by atoms with Gasteiger partial charge < -0.3 is 10.1 Å². The number of fused-ring (bicyclic) bond motifs is 1. The van der Waals surface area contributed by atoms with Gasteiger partial charge in [0.05, 0.1) is 23.4 Å². The van der Waals surface area contributed by atoms with Gasteiger partial charge in [-0.25, -0.2) is 15.0 Å². The van der Waals surface area contributed by atoms with E-state index in [1.165, 1.54) is 0 Å². The molecule has 4 rings (SSSR count). The van der Waals surface area contributed by atoms with E-state index in [4.69, 9.17) is 9.72 Å². The molecule has 33 heavy (non-hydrogen) atoms. The van der Waals surface area contributed by atoms with Crippen molar-refractivity contribution in [2.24, 2.45) is 5.41 Å². The molecule has 0 amide bonds. The van der Waals surface area contributed by atoms with Crippen molar-refractivity contribution in [2.75, 3.05) is 11.9 Å². The number of halogens is 1. The van der Waals surface area contributed by atoms with E-state index in [2.05, 4.69) is 91.0 Å². The minimum Gasteiger partial charge on any atom is -0.492 e. The fourth-order valence-electron chi connectivity index (χ4n) is 4.08. The average molecular weight is 509 g/mol. The second kappa shape index (κ2) is 9.05. The summed E-state index contributed by atoms with van der Waals surface area (Å²) in [5, 5.41) is 4.66. The van der Waals surface area contributed by atoms with E-state index in [0.29, 0.717) is 6.61 Å². The van der Waals surface area contributed by atoms with Crippen LogP contribution in [0.3, 0.4) is 0 Å². The lowest BCUT2D eigenvalue weighted by Gasteiger charge is -2.27. The van der Waals surface area contributed by atoms with Crippen molar-refractivity contribution >= 4 is 44.0 Å². The lowest BCUT2D eigenvalue weighted by atomic mass is 9.89. The van der Waals surface area contributed by atoms with E-state index < -0.39 is 0 Å². The first-order valence-electron chi connectivity index (χ1n) is 11.5. The Kier molecular flexibility index (Phi) is 6.50. The van der Waals surface area contributed by atoms with Gasteiger partial charge in [-0.1, -0.05) is 36.7 Å². The summed E-state index contributed by atoms with van der Waals surface area (Å²) in [6, 6.07) is 10.5. The highest BCUT2D eigenvalue weighted by atomic mass is 79.9. The molecule has 2 aromatic heterocycles. The van der Waals surface area contributed by atoms with Gasteiger partial charge in [0.2, 0.25) is 0 Å². The van der Waals surface area contributed by atoms with E-state index in [1.807, 2.05) is 12.1 Å². The number of hydrogen-bond donors (Lipinski definition) is 1. The highest BCUT2D eigenvalue weighted by Gasteiger charge is 2.25. The number of rotatable bonds is 4. The van der Waals surface area contributed by atoms with E-state index in [1.54, 1.807) is 6.33 Å². The molecule has 3 heterocycles. The monoisotopic (exact) mass is 508 g/mol. The third-order valence-electron chi connectivity index (χ3n) is 5.35. The van der Waals surface area contributed by atoms with Gasteiger partial charge in [-0.2, -0.15) is 0 Å². The predicted octanol–water partition coefficient (Wildman–Crippen LogP) is 7.27. The van der Waals surface area contributed by atoms with Crippen molar-refractivity contribution in [3.8, 4) is 0 Å². The van der Waals surface area contributed by atoms with Crippen LogP contribution in [0.25, 0.3) is 22.2 Å². The number of allylic oxidation sites excluding steroid dienone is 1. The molecule has 1 aliphatic rings. The number of benzene rings is 1. The molecule has 1 aliphatic heterocycles. The fraction of sp³-hybridized carbons (Fsp3) is 0.444. The van der Waals surface area contributed by atoms with Crippen LogP contribution in [0.15, 0.2) is 41.1 Å². The Morgan fingerprint density at radius 3 is 2.55 bits per heavy atom. The molecular formula is C27H33BrN4O. The molecule has 0 saturated heterocycles. The maximum absolute atomic E-state index is 6.33. The lowest BCUT2D eigenvalue weighted by Crippen LogP contribution is -2.27. The SMILES string of the molecule is CC(C)(C)Cc1cc(C2=C(c3cc4cc(Br)ccc4nc3NC(C)(C)C)OCCC2)ncn1. The molecule has 1 aromatic carbocycles. The lowest BCUT2D eigenvalue weighted by molar-refractivity contribution is 0.262. The normalized spacial score (nSPS) is 15.0. The van der Waals surface area contributed by atoms with Crippen LogP contribution in [0.2, 0.25) is 0 Å². The zero-order valence-electron chi connectivity index (χ0n) is 20.4. The van der Waals surface area contributed by atoms with E-state index >= 15 is 0 Å². The maximum atomic E-state index is 6.33. The second-order valence-corrected chi connectivity index (χ2v) is 11.9. The predicted molar refractivity (Wildman–Crippen MR) is 140 cm³/mol. The summed E-state index contributed by atoms with van der Waals surface area (Å²) in [7, 11) is 0. The minimum absolute atomic E-state index is 0.144. The van der Waals surface area contributed by atoms with Gasteiger partial charge in [0.15, 0.2) is 0 Å². The van der Waals surface area contributed by atoms with Crippen LogP contribution in [-0.2, 0) is 11.2 Å². The summed E-state index contributed by atoms with van der Waals surface area (Å²) in [5.41, 5.74) is 5.04. The van der Waals surface area contributed by atoms with E-state index in [9.17, 15) is 0 Å². The summed E-state index contributed by atoms with van der Waals surface area (Å²) in [4.78, 5) is 14.2. The Labute approximate surface area is 205 Å². The Morgan fingerprint density at radius 2 is 1.82 bits per heavy atom. The molecule has 1 N–H and O–H groups in total. The molecule has 0 aliphatic carbocycles. The molecule has 3 aromatic rings. The number of pyridine rings is 1. The summed E-state index contributed by atoms with van der Waals surface area (Å²) >= 11 is 3.60. The highest BCUT2D eigenvalue weighted by molar-refractivity contribution is 9.10. The highest BCUT2D eigenvalue weighted by Crippen LogP contribution is 2.38. The largest absolute Gasteiger partial charge is 0.492 e. The quantitative estimate of drug-likeness (QED) is 0.401. The topological polar surface area (TPSA) is 59.9 Å². The van der Waals surface area contributed by atoms with Crippen molar-refractivity contribution in [1.82, 2.24) is 15.0 Å². The van der Waals surface area contributed by atoms with Gasteiger partial charge in [0.1, 0.15) is 17.9 Å². The standard InChI is InChI=1S/C27H33BrN4O/c1-26(2,3)15-19-14-23(30-16-29-19)20-8-7-11-33-24(20)21-13-17-12-18(28)9-10-22(17)31-25(21)32-27(4,5)6/h9-10,12-14,16H,7-8,11,15H2,1-6H3,(H,31,32). The molecule has 0 unspecified atom stereocenters. The number of nitrogens with one attached hydrogen (secondary N) is 1. The molecule has 0 atom stereocenters. The Morgan fingerprint density at radius 1 is 1.03 bits per heavy atom. The molecule has 0 bridgehead atoms. The van der Waals surface area contributed by atoms with Crippen molar-refractivity contribution in [2.45, 2.75) is 66.3 Å². The van der Waals surface area contributed by atoms with Gasteiger partial charge >= 0.3 is 0 Å². The molecule has 0 spiro atoms. The number of anilines is 1. The fourth-order valence-corrected chi connectivity index (χ4v) is 4.46. The van der Waals surface area contributed by atoms with Crippen molar-refractivity contribution in [1.29, 1.82) is 0 Å². The van der Waals surface area contributed by atoms with Gasteiger partial charge in [0.25, 0.3) is 0 Å². The third kappa shape index (κ3) is 5.91. The average Bonchev–Trinajstić information content (AvgIpc) is 2.71. The molecule has 5 nitrogen and oxygen atoms in total. The summed E-state index contributed by atoms with van der Waals surface area (Å²) < 4.78 is 7.36. The number of nitrogens with zero attached hydrogens (tertiary/aromatic N) is 3. The van der Waals surface area contributed by atoms with Crippen LogP contribution in [0.5, 0.6) is 0 Å². The van der Waals surface area contributed by atoms with Gasteiger partial charge in [-0.3, -0.25) is 0 Å². The third-order valence-corrected chi connectivity index (χ3v) is 5.84. The first-order valence-corrected chi connectivity index (χ1v) is 12.3. The van der Waals surface area contributed by atoms with Crippen LogP contribution in [0, 0.1) is 5.41 Å². The first-order chi connectivity index (χ1) is 15.5. The Balaban J connectivity index is 1.90. The number of hydrogen-bond acceptors (Lipinski definition) is 5. The first kappa shape index (κ1) is 23.7. The molecule has 174 valence electrons. The van der Waals surface area contributed by atoms with Crippen LogP contribution in [0.1, 0.15) is 71.3 Å². The second-order valence-electron chi connectivity index (χ2n) is 11.0. The van der Waals surface area contributed by atoms with Crippen LogP contribution in [0.4, 0.5) is 5.82 Å². The summed E-state index contributed by atoms with van der Waals surface area (Å²) in [6.07, 6.45) is 4.45. The zero-order valence-corrected chi connectivity index (χ0v) is 22.0. The Hall–Kier alpha value is -2.47. The molecule has 0 radical (unpaired) electrons. The van der Waals surface area contributed by atoms with Gasteiger partial charge in [-0.15, -0.1) is 0 Å². The van der Waals surface area contributed by atoms with Crippen LogP contribution >= 0.6 is 15.9 Å². The van der Waals surface area contributed by atoms with Crippen LogP contribution in [-0.4, -0.2) is 27.1 Å². The van der Waals surface area contributed by atoms with Crippen molar-refractivity contribution < 1.29 is 4.74 Å². The maximum Gasteiger partial charge on any atom is 0.138 e. The van der Waals surface area contributed by atoms with E-state index in [-0.39, 0.29) is 11.0 Å². The molecule has 0 fully saturated rings. The molecular weight excluding hydrogens is 476 g/mol. The van der Waals surface area contributed by atoms with Gasteiger partial charge in [-0.05, 0) is 75.8 Å². The van der Waals surface area contributed by atoms with Gasteiger partial charge in [0, 0.05) is 26.7 Å². The van der Waals surface area contributed by atoms with Crippen molar-refractivity contribution in [3.63, 3.8) is 0 Å². The minimum atomic E-state index is -0.144. The van der Waals surface area contributed by atoms with Crippen LogP contribution < -0.4 is 5.32 Å². The summed E-state index contributed by atoms with van der Waals surface area (Å²) in [5.74, 6) is 1.69. The number of ether oxygens (including phenoxy) is 1. The number of aromatic nitrogens is 3. The molecule has 6 heteroatoms. The molecule has 0 saturated carbocycles. The summed E-state index contributed by atoms with van der Waals surface area (Å²) in [6.45, 7) is 13.8. The smallest absolute Gasteiger partial charge is 0.138 e. The van der Waals surface area contributed by atoms with E-state index in [0.717, 1.165) is 68.7 Å². The zero-order chi connectivity index (χ0) is 23.8. The Bertz CT molecular complexity index is 1200.